The van der Waals surface area contributed by atoms with Crippen LogP contribution in [0.4, 0.5) is 5.69 Å². The Bertz CT molecular complexity index is 1670. The molecule has 2 heterocycles. The first-order valence-corrected chi connectivity index (χ1v) is 14.7. The van der Waals surface area contributed by atoms with Crippen LogP contribution >= 0.6 is 0 Å². The van der Waals surface area contributed by atoms with Gasteiger partial charge in [0, 0.05) is 36.0 Å². The van der Waals surface area contributed by atoms with E-state index >= 15 is 0 Å². The van der Waals surface area contributed by atoms with Crippen LogP contribution in [-0.2, 0) is 26.1 Å². The van der Waals surface area contributed by atoms with E-state index < -0.39 is 0 Å². The lowest BCUT2D eigenvalue weighted by Gasteiger charge is -2.24. The molecule has 0 fully saturated rings. The van der Waals surface area contributed by atoms with Gasteiger partial charge in [0.15, 0.2) is 11.5 Å². The summed E-state index contributed by atoms with van der Waals surface area (Å²) in [5.41, 5.74) is 6.81. The number of anilines is 1. The minimum Gasteiger partial charge on any atom is -0.493 e. The van der Waals surface area contributed by atoms with Crippen LogP contribution in [0.15, 0.2) is 84.9 Å². The van der Waals surface area contributed by atoms with Gasteiger partial charge in [0.25, 0.3) is 11.8 Å². The summed E-state index contributed by atoms with van der Waals surface area (Å²) in [5.74, 6) is 1.09. The molecule has 7 nitrogen and oxygen atoms in total. The van der Waals surface area contributed by atoms with Gasteiger partial charge in [0.2, 0.25) is 0 Å². The molecule has 0 spiro atoms. The SMILES string of the molecule is COc1ccc(N2C(=O)c3cc(CN4Cc5ccc(CO)cc5C4=O)ccc3C2C)cc1OC(C)CCc1ccccc1. The van der Waals surface area contributed by atoms with Crippen LogP contribution in [0.2, 0.25) is 0 Å². The highest BCUT2D eigenvalue weighted by Gasteiger charge is 2.36. The normalized spacial score (nSPS) is 16.3. The molecule has 0 aromatic heterocycles. The van der Waals surface area contributed by atoms with Crippen molar-refractivity contribution >= 4 is 17.5 Å². The van der Waals surface area contributed by atoms with Crippen LogP contribution in [-0.4, -0.2) is 35.0 Å². The molecule has 0 aliphatic carbocycles. The van der Waals surface area contributed by atoms with E-state index in [2.05, 4.69) is 12.1 Å². The summed E-state index contributed by atoms with van der Waals surface area (Å²) in [6.07, 6.45) is 1.70. The minimum absolute atomic E-state index is 0.0505. The Hall–Kier alpha value is -4.62. The zero-order chi connectivity index (χ0) is 30.1. The number of amides is 2. The number of hydrogen-bond donors (Lipinski definition) is 1. The number of aryl methyl sites for hydroxylation is 1. The van der Waals surface area contributed by atoms with Gasteiger partial charge in [0.1, 0.15) is 0 Å². The predicted molar refractivity (Wildman–Crippen MR) is 165 cm³/mol. The number of nitrogens with zero attached hydrogens (tertiary/aromatic N) is 2. The summed E-state index contributed by atoms with van der Waals surface area (Å²) in [4.78, 5) is 30.5. The van der Waals surface area contributed by atoms with Crippen LogP contribution in [0.3, 0.4) is 0 Å². The molecule has 0 radical (unpaired) electrons. The number of carbonyl (C=O) groups excluding carboxylic acids is 2. The van der Waals surface area contributed by atoms with E-state index in [-0.39, 0.29) is 30.6 Å². The molecule has 6 rings (SSSR count). The Morgan fingerprint density at radius 3 is 2.40 bits per heavy atom. The summed E-state index contributed by atoms with van der Waals surface area (Å²) in [7, 11) is 1.62. The van der Waals surface area contributed by atoms with Crippen LogP contribution in [0.1, 0.15) is 74.8 Å². The molecule has 1 N–H and O–H groups in total. The fourth-order valence-electron chi connectivity index (χ4n) is 6.09. The average Bonchev–Trinajstić information content (AvgIpc) is 3.47. The monoisotopic (exact) mass is 576 g/mol. The second-order valence-corrected chi connectivity index (χ2v) is 11.4. The van der Waals surface area contributed by atoms with Crippen LogP contribution in [0, 0.1) is 0 Å². The number of aliphatic hydroxyl groups excluding tert-OH is 1. The largest absolute Gasteiger partial charge is 0.493 e. The Morgan fingerprint density at radius 2 is 1.63 bits per heavy atom. The Morgan fingerprint density at radius 1 is 0.860 bits per heavy atom. The molecule has 43 heavy (non-hydrogen) atoms. The number of methoxy groups -OCH3 is 1. The molecule has 4 aromatic rings. The van der Waals surface area contributed by atoms with Gasteiger partial charge in [-0.05, 0) is 78.8 Å². The van der Waals surface area contributed by atoms with E-state index in [0.29, 0.717) is 35.7 Å². The van der Waals surface area contributed by atoms with Crippen molar-refractivity contribution in [1.82, 2.24) is 4.90 Å². The number of aliphatic hydroxyl groups is 1. The molecule has 220 valence electrons. The predicted octanol–water partition coefficient (Wildman–Crippen LogP) is 6.47. The molecular weight excluding hydrogens is 540 g/mol. The van der Waals surface area contributed by atoms with Gasteiger partial charge in [-0.25, -0.2) is 0 Å². The number of ether oxygens (including phenoxy) is 2. The summed E-state index contributed by atoms with van der Waals surface area (Å²) >= 11 is 0. The summed E-state index contributed by atoms with van der Waals surface area (Å²) in [5, 5.41) is 9.46. The topological polar surface area (TPSA) is 79.3 Å². The van der Waals surface area contributed by atoms with Gasteiger partial charge in [-0.1, -0.05) is 54.6 Å². The number of fused-ring (bicyclic) bond motifs is 2. The van der Waals surface area contributed by atoms with Crippen molar-refractivity contribution < 1.29 is 24.2 Å². The third-order valence-electron chi connectivity index (χ3n) is 8.45. The van der Waals surface area contributed by atoms with Crippen molar-refractivity contribution in [1.29, 1.82) is 0 Å². The van der Waals surface area contributed by atoms with Crippen molar-refractivity contribution in [2.45, 2.75) is 58.5 Å². The van der Waals surface area contributed by atoms with Crippen molar-refractivity contribution in [3.8, 4) is 11.5 Å². The maximum atomic E-state index is 13.8. The molecule has 2 atom stereocenters. The fraction of sp³-hybridized carbons (Fsp3) is 0.278. The fourth-order valence-corrected chi connectivity index (χ4v) is 6.09. The van der Waals surface area contributed by atoms with Crippen LogP contribution in [0.25, 0.3) is 0 Å². The quantitative estimate of drug-likeness (QED) is 0.234. The van der Waals surface area contributed by atoms with Crippen LogP contribution < -0.4 is 14.4 Å². The third-order valence-corrected chi connectivity index (χ3v) is 8.45. The lowest BCUT2D eigenvalue weighted by Crippen LogP contribution is -2.26. The zero-order valence-corrected chi connectivity index (χ0v) is 24.7. The molecule has 2 amide bonds. The second kappa shape index (κ2) is 11.9. The van der Waals surface area contributed by atoms with Crippen molar-refractivity contribution in [3.05, 3.63) is 124 Å². The summed E-state index contributed by atoms with van der Waals surface area (Å²) < 4.78 is 11.9. The molecule has 0 bridgehead atoms. The summed E-state index contributed by atoms with van der Waals surface area (Å²) in [6, 6.07) is 27.2. The first kappa shape index (κ1) is 28.5. The minimum atomic E-state index is -0.164. The summed E-state index contributed by atoms with van der Waals surface area (Å²) in [6.45, 7) is 4.88. The zero-order valence-electron chi connectivity index (χ0n) is 24.7. The molecule has 2 aliphatic rings. The lowest BCUT2D eigenvalue weighted by molar-refractivity contribution is 0.0766. The van der Waals surface area contributed by atoms with Gasteiger partial charge in [-0.2, -0.15) is 0 Å². The van der Waals surface area contributed by atoms with E-state index in [1.165, 1.54) is 5.56 Å². The molecule has 0 saturated carbocycles. The number of carbonyl (C=O) groups is 2. The van der Waals surface area contributed by atoms with Gasteiger partial charge >= 0.3 is 0 Å². The Kier molecular flexibility index (Phi) is 7.91. The molecule has 7 heteroatoms. The maximum Gasteiger partial charge on any atom is 0.259 e. The molecule has 2 unspecified atom stereocenters. The third kappa shape index (κ3) is 5.60. The smallest absolute Gasteiger partial charge is 0.259 e. The highest BCUT2D eigenvalue weighted by Crippen LogP contribution is 2.41. The first-order valence-electron chi connectivity index (χ1n) is 14.7. The second-order valence-electron chi connectivity index (χ2n) is 11.4. The number of rotatable bonds is 10. The Balaban J connectivity index is 1.18. The van der Waals surface area contributed by atoms with E-state index in [4.69, 9.17) is 9.47 Å². The number of hydrogen-bond acceptors (Lipinski definition) is 5. The first-order chi connectivity index (χ1) is 20.9. The van der Waals surface area contributed by atoms with Gasteiger partial charge in [0.05, 0.1) is 25.9 Å². The van der Waals surface area contributed by atoms with Crippen molar-refractivity contribution in [2.75, 3.05) is 12.0 Å². The Labute approximate surface area is 252 Å². The van der Waals surface area contributed by atoms with Crippen LogP contribution in [0.5, 0.6) is 11.5 Å². The van der Waals surface area contributed by atoms with E-state index in [0.717, 1.165) is 40.8 Å². The number of benzene rings is 4. The maximum absolute atomic E-state index is 13.8. The van der Waals surface area contributed by atoms with Crippen molar-refractivity contribution in [2.24, 2.45) is 0 Å². The lowest BCUT2D eigenvalue weighted by atomic mass is 10.0. The van der Waals surface area contributed by atoms with Crippen molar-refractivity contribution in [3.63, 3.8) is 0 Å². The molecule has 2 aliphatic heterocycles. The van der Waals surface area contributed by atoms with Gasteiger partial charge in [-0.3, -0.25) is 9.59 Å². The highest BCUT2D eigenvalue weighted by molar-refractivity contribution is 6.11. The molecule has 4 aromatic carbocycles. The van der Waals surface area contributed by atoms with E-state index in [9.17, 15) is 14.7 Å². The molecular formula is C36H36N2O5. The molecule has 0 saturated heterocycles. The standard InChI is InChI=1S/C36H36N2O5/c1-23(9-10-25-7-5-4-6-8-25)43-34-19-29(14-16-33(34)42-3)38-24(2)30-15-12-26(17-32(30)36(38)41)20-37-21-28-13-11-27(22-39)18-31(28)35(37)40/h4-8,11-19,23-24,39H,9-10,20-22H2,1-3H3. The van der Waals surface area contributed by atoms with Gasteiger partial charge < -0.3 is 24.4 Å². The average molecular weight is 577 g/mol. The van der Waals surface area contributed by atoms with Gasteiger partial charge in [-0.15, -0.1) is 0 Å². The van der Waals surface area contributed by atoms with E-state index in [1.54, 1.807) is 23.0 Å². The van der Waals surface area contributed by atoms with E-state index in [1.807, 2.05) is 80.6 Å². The highest BCUT2D eigenvalue weighted by atomic mass is 16.5.